The quantitative estimate of drug-likeness (QED) is 0.808. The Hall–Kier alpha value is -1.36. The number of rotatable bonds is 3. The van der Waals surface area contributed by atoms with Crippen molar-refractivity contribution in [3.8, 4) is 0 Å². The molecule has 1 fully saturated rings. The first kappa shape index (κ1) is 18.0. The van der Waals surface area contributed by atoms with Gasteiger partial charge in [-0.3, -0.25) is 9.59 Å². The van der Waals surface area contributed by atoms with Crippen molar-refractivity contribution in [3.63, 3.8) is 0 Å². The van der Waals surface area contributed by atoms with Gasteiger partial charge in [-0.15, -0.1) is 0 Å². The lowest BCUT2D eigenvalue weighted by atomic mass is 9.94. The number of piperazine rings is 1. The number of halogens is 1. The summed E-state index contributed by atoms with van der Waals surface area (Å²) in [5.74, 6) is 0.339. The molecule has 1 aliphatic heterocycles. The molecule has 0 N–H and O–H groups in total. The van der Waals surface area contributed by atoms with E-state index < -0.39 is 0 Å². The highest BCUT2D eigenvalue weighted by Crippen LogP contribution is 2.19. The molecule has 0 unspecified atom stereocenters. The minimum Gasteiger partial charge on any atom is -0.339 e. The number of amides is 2. The van der Waals surface area contributed by atoms with Crippen LogP contribution in [0.4, 0.5) is 0 Å². The fraction of sp³-hybridized carbons (Fsp3) is 0.556. The lowest BCUT2D eigenvalue weighted by Gasteiger charge is -2.37. The van der Waals surface area contributed by atoms with Gasteiger partial charge in [-0.05, 0) is 24.1 Å². The average molecular weight is 381 g/mol. The molecule has 1 aromatic rings. The van der Waals surface area contributed by atoms with Gasteiger partial charge in [0.2, 0.25) is 11.8 Å². The first-order chi connectivity index (χ1) is 10.8. The van der Waals surface area contributed by atoms with E-state index in [4.69, 9.17) is 0 Å². The van der Waals surface area contributed by atoms with Crippen molar-refractivity contribution < 1.29 is 9.59 Å². The summed E-state index contributed by atoms with van der Waals surface area (Å²) in [4.78, 5) is 28.3. The molecule has 0 atom stereocenters. The monoisotopic (exact) mass is 380 g/mol. The van der Waals surface area contributed by atoms with Crippen LogP contribution in [0, 0.1) is 5.41 Å². The summed E-state index contributed by atoms with van der Waals surface area (Å²) in [5, 5.41) is 0. The zero-order valence-corrected chi connectivity index (χ0v) is 15.7. The lowest BCUT2D eigenvalue weighted by molar-refractivity contribution is -0.144. The summed E-state index contributed by atoms with van der Waals surface area (Å²) >= 11 is 3.45. The molecule has 126 valence electrons. The van der Waals surface area contributed by atoms with Crippen LogP contribution in [-0.2, 0) is 16.0 Å². The van der Waals surface area contributed by atoms with Gasteiger partial charge < -0.3 is 9.80 Å². The van der Waals surface area contributed by atoms with Crippen molar-refractivity contribution in [2.24, 2.45) is 5.41 Å². The van der Waals surface area contributed by atoms with Crippen molar-refractivity contribution in [2.75, 3.05) is 26.2 Å². The maximum Gasteiger partial charge on any atom is 0.228 e. The van der Waals surface area contributed by atoms with E-state index in [1.165, 1.54) is 0 Å². The Kier molecular flexibility index (Phi) is 5.84. The normalized spacial score (nSPS) is 15.7. The second-order valence-corrected chi connectivity index (χ2v) is 7.97. The van der Waals surface area contributed by atoms with Gasteiger partial charge in [0.05, 0.1) is 0 Å². The van der Waals surface area contributed by atoms with Crippen LogP contribution < -0.4 is 0 Å². The third kappa shape index (κ3) is 5.06. The van der Waals surface area contributed by atoms with Gasteiger partial charge in [0, 0.05) is 42.5 Å². The number of hydrogen-bond acceptors (Lipinski definition) is 2. The summed E-state index contributed by atoms with van der Waals surface area (Å²) in [6.45, 7) is 8.36. The molecule has 1 heterocycles. The SMILES string of the molecule is CC(C)(C)C(=O)N1CCN(C(=O)CCc2cccc(Br)c2)CC1. The molecule has 23 heavy (non-hydrogen) atoms. The number of hydrogen-bond donors (Lipinski definition) is 0. The second kappa shape index (κ2) is 7.47. The Morgan fingerprint density at radius 2 is 1.70 bits per heavy atom. The van der Waals surface area contributed by atoms with Crippen LogP contribution in [-0.4, -0.2) is 47.8 Å². The van der Waals surface area contributed by atoms with E-state index in [1.807, 2.05) is 54.8 Å². The van der Waals surface area contributed by atoms with E-state index in [0.29, 0.717) is 32.6 Å². The molecule has 1 aromatic carbocycles. The molecule has 4 nitrogen and oxygen atoms in total. The summed E-state index contributed by atoms with van der Waals surface area (Å²) in [7, 11) is 0. The smallest absolute Gasteiger partial charge is 0.228 e. The van der Waals surface area contributed by atoms with E-state index in [1.54, 1.807) is 0 Å². The highest BCUT2D eigenvalue weighted by molar-refractivity contribution is 9.10. The van der Waals surface area contributed by atoms with E-state index in [0.717, 1.165) is 16.5 Å². The predicted octanol–water partition coefficient (Wildman–Crippen LogP) is 3.10. The summed E-state index contributed by atoms with van der Waals surface area (Å²) < 4.78 is 1.04. The van der Waals surface area contributed by atoms with Gasteiger partial charge in [-0.1, -0.05) is 48.8 Å². The van der Waals surface area contributed by atoms with E-state index >= 15 is 0 Å². The van der Waals surface area contributed by atoms with Crippen LogP contribution in [0.2, 0.25) is 0 Å². The molecule has 2 amide bonds. The van der Waals surface area contributed by atoms with Crippen LogP contribution in [0.3, 0.4) is 0 Å². The first-order valence-electron chi connectivity index (χ1n) is 8.09. The molecular weight excluding hydrogens is 356 g/mol. The summed E-state index contributed by atoms with van der Waals surface area (Å²) in [6, 6.07) is 8.06. The minimum absolute atomic E-state index is 0.165. The molecule has 0 spiro atoms. The van der Waals surface area contributed by atoms with Crippen molar-refractivity contribution >= 4 is 27.7 Å². The molecule has 1 saturated heterocycles. The third-order valence-electron chi connectivity index (χ3n) is 4.08. The molecule has 0 saturated carbocycles. The fourth-order valence-electron chi connectivity index (χ4n) is 2.74. The maximum atomic E-state index is 12.3. The third-order valence-corrected chi connectivity index (χ3v) is 4.57. The number of carbonyl (C=O) groups excluding carboxylic acids is 2. The lowest BCUT2D eigenvalue weighted by Crippen LogP contribution is -2.53. The second-order valence-electron chi connectivity index (χ2n) is 7.05. The van der Waals surface area contributed by atoms with Crippen LogP contribution in [0.1, 0.15) is 32.8 Å². The molecule has 0 aliphatic carbocycles. The topological polar surface area (TPSA) is 40.6 Å². The minimum atomic E-state index is -0.354. The largest absolute Gasteiger partial charge is 0.339 e. The van der Waals surface area contributed by atoms with Gasteiger partial charge in [-0.2, -0.15) is 0 Å². The molecule has 1 aliphatic rings. The van der Waals surface area contributed by atoms with Crippen molar-refractivity contribution in [2.45, 2.75) is 33.6 Å². The van der Waals surface area contributed by atoms with Gasteiger partial charge in [0.1, 0.15) is 0 Å². The van der Waals surface area contributed by atoms with Crippen molar-refractivity contribution in [3.05, 3.63) is 34.3 Å². The van der Waals surface area contributed by atoms with E-state index in [-0.39, 0.29) is 17.2 Å². The number of nitrogens with zero attached hydrogens (tertiary/aromatic N) is 2. The Morgan fingerprint density at radius 1 is 1.09 bits per heavy atom. The molecule has 5 heteroatoms. The summed E-state index contributed by atoms with van der Waals surface area (Å²) in [6.07, 6.45) is 1.27. The predicted molar refractivity (Wildman–Crippen MR) is 95.1 cm³/mol. The average Bonchev–Trinajstić information content (AvgIpc) is 2.51. The zero-order valence-electron chi connectivity index (χ0n) is 14.1. The maximum absolute atomic E-state index is 12.3. The Labute approximate surface area is 147 Å². The van der Waals surface area contributed by atoms with Crippen LogP contribution in [0.25, 0.3) is 0 Å². The Balaban J connectivity index is 1.81. The van der Waals surface area contributed by atoms with Crippen LogP contribution in [0.15, 0.2) is 28.7 Å². The Morgan fingerprint density at radius 3 is 2.26 bits per heavy atom. The molecule has 0 bridgehead atoms. The van der Waals surface area contributed by atoms with Crippen LogP contribution in [0.5, 0.6) is 0 Å². The van der Waals surface area contributed by atoms with Crippen molar-refractivity contribution in [1.82, 2.24) is 9.80 Å². The molecule has 0 radical (unpaired) electrons. The van der Waals surface area contributed by atoms with Crippen molar-refractivity contribution in [1.29, 1.82) is 0 Å². The number of aryl methyl sites for hydroxylation is 1. The fourth-order valence-corrected chi connectivity index (χ4v) is 3.18. The Bertz CT molecular complexity index is 573. The number of benzene rings is 1. The van der Waals surface area contributed by atoms with Gasteiger partial charge >= 0.3 is 0 Å². The van der Waals surface area contributed by atoms with E-state index in [9.17, 15) is 9.59 Å². The molecule has 0 aromatic heterocycles. The molecule has 2 rings (SSSR count). The standard InChI is InChI=1S/C18H25BrN2O2/c1-18(2,3)17(23)21-11-9-20(10-12-21)16(22)8-7-14-5-4-6-15(19)13-14/h4-6,13H,7-12H2,1-3H3. The zero-order chi connectivity index (χ0) is 17.0. The van der Waals surface area contributed by atoms with Gasteiger partial charge in [0.25, 0.3) is 0 Å². The highest BCUT2D eigenvalue weighted by Gasteiger charge is 2.30. The highest BCUT2D eigenvalue weighted by atomic mass is 79.9. The number of carbonyl (C=O) groups is 2. The van der Waals surface area contributed by atoms with Gasteiger partial charge in [-0.25, -0.2) is 0 Å². The summed E-state index contributed by atoms with van der Waals surface area (Å²) in [5.41, 5.74) is 0.807. The first-order valence-corrected chi connectivity index (χ1v) is 8.88. The van der Waals surface area contributed by atoms with E-state index in [2.05, 4.69) is 15.9 Å². The van der Waals surface area contributed by atoms with Gasteiger partial charge in [0.15, 0.2) is 0 Å². The van der Waals surface area contributed by atoms with Crippen LogP contribution >= 0.6 is 15.9 Å². The molecular formula is C18H25BrN2O2.